The fraction of sp³-hybridized carbons (Fsp3) is 0.382. The van der Waals surface area contributed by atoms with Gasteiger partial charge in [-0.3, -0.25) is 9.69 Å². The Bertz CT molecular complexity index is 1640. The highest BCUT2D eigenvalue weighted by Crippen LogP contribution is 2.31. The molecule has 4 aromatic rings. The van der Waals surface area contributed by atoms with Crippen molar-refractivity contribution in [1.29, 1.82) is 0 Å². The summed E-state index contributed by atoms with van der Waals surface area (Å²) in [6.07, 6.45) is 8.08. The molecule has 2 aromatic carbocycles. The van der Waals surface area contributed by atoms with Crippen LogP contribution in [0.1, 0.15) is 41.3 Å². The van der Waals surface area contributed by atoms with E-state index in [1.807, 2.05) is 48.8 Å². The lowest BCUT2D eigenvalue weighted by molar-refractivity contribution is 0.102. The van der Waals surface area contributed by atoms with Crippen LogP contribution in [0.4, 0.5) is 17.3 Å². The van der Waals surface area contributed by atoms with Gasteiger partial charge in [-0.25, -0.2) is 9.97 Å². The third-order valence-corrected chi connectivity index (χ3v) is 10.3. The average molecular weight is 641 g/mol. The lowest BCUT2D eigenvalue weighted by Gasteiger charge is -2.38. The number of piperazine rings is 1. The molecule has 1 unspecified atom stereocenters. The summed E-state index contributed by atoms with van der Waals surface area (Å²) in [5.41, 5.74) is 4.05. The molecule has 4 heterocycles. The number of hydrogen-bond acceptors (Lipinski definition) is 9. The van der Waals surface area contributed by atoms with Gasteiger partial charge >= 0.3 is 0 Å². The van der Waals surface area contributed by atoms with Crippen molar-refractivity contribution in [3.63, 3.8) is 0 Å². The summed E-state index contributed by atoms with van der Waals surface area (Å²) in [7, 11) is 0. The average Bonchev–Trinajstić information content (AvgIpc) is 3.50. The molecule has 0 bridgehead atoms. The summed E-state index contributed by atoms with van der Waals surface area (Å²) < 4.78 is 0. The number of nitrogens with zero attached hydrogens (tertiary/aromatic N) is 7. The predicted octanol–water partition coefficient (Wildman–Crippen LogP) is 5.85. The predicted molar refractivity (Wildman–Crippen MR) is 180 cm³/mol. The van der Waals surface area contributed by atoms with Crippen LogP contribution in [0.3, 0.4) is 0 Å². The molecule has 11 heteroatoms. The Morgan fingerprint density at radius 2 is 1.64 bits per heavy atom. The molecule has 2 saturated heterocycles. The quantitative estimate of drug-likeness (QED) is 0.267. The lowest BCUT2D eigenvalue weighted by Crippen LogP contribution is -2.51. The lowest BCUT2D eigenvalue weighted by atomic mass is 9.99. The number of anilines is 3. The summed E-state index contributed by atoms with van der Waals surface area (Å²) in [5.74, 6) is 2.50. The van der Waals surface area contributed by atoms with Gasteiger partial charge in [0, 0.05) is 61.5 Å². The largest absolute Gasteiger partial charge is 0.355 e. The van der Waals surface area contributed by atoms with Gasteiger partial charge in [0.25, 0.3) is 5.91 Å². The Hall–Kier alpha value is -3.73. The minimum absolute atomic E-state index is 0.0962. The van der Waals surface area contributed by atoms with Gasteiger partial charge in [0.05, 0.1) is 12.4 Å². The van der Waals surface area contributed by atoms with Crippen LogP contribution in [0, 0.1) is 5.92 Å². The number of carbonyl (C=O) groups is 1. The summed E-state index contributed by atoms with van der Waals surface area (Å²) in [6, 6.07) is 18.2. The van der Waals surface area contributed by atoms with Crippen LogP contribution in [0.15, 0.2) is 76.9 Å². The first-order chi connectivity index (χ1) is 22.0. The fourth-order valence-corrected chi connectivity index (χ4v) is 7.40. The third kappa shape index (κ3) is 7.08. The summed E-state index contributed by atoms with van der Waals surface area (Å²) in [6.45, 7) is 8.14. The van der Waals surface area contributed by atoms with Gasteiger partial charge < -0.3 is 15.1 Å². The van der Waals surface area contributed by atoms with Crippen LogP contribution in [-0.4, -0.2) is 76.3 Å². The third-order valence-electron chi connectivity index (χ3n) is 9.19. The first kappa shape index (κ1) is 30.0. The number of amides is 1. The van der Waals surface area contributed by atoms with E-state index in [4.69, 9.17) is 11.6 Å². The van der Waals surface area contributed by atoms with Gasteiger partial charge in [0.2, 0.25) is 0 Å². The van der Waals surface area contributed by atoms with Crippen LogP contribution in [0.5, 0.6) is 0 Å². The minimum atomic E-state index is -0.0962. The number of nitrogens with one attached hydrogen (secondary N) is 1. The molecule has 9 nitrogen and oxygen atoms in total. The molecular weight excluding hydrogens is 604 g/mol. The van der Waals surface area contributed by atoms with E-state index in [9.17, 15) is 4.79 Å². The molecule has 0 spiro atoms. The molecule has 3 aliphatic rings. The molecule has 0 saturated carbocycles. The zero-order valence-electron chi connectivity index (χ0n) is 25.4. The highest BCUT2D eigenvalue weighted by Gasteiger charge is 2.30. The second kappa shape index (κ2) is 13.3. The maximum Gasteiger partial charge on any atom is 0.255 e. The van der Waals surface area contributed by atoms with Crippen LogP contribution in [0.2, 0.25) is 5.15 Å². The van der Waals surface area contributed by atoms with Crippen LogP contribution < -0.4 is 15.1 Å². The van der Waals surface area contributed by atoms with Crippen molar-refractivity contribution in [2.24, 2.45) is 5.92 Å². The molecule has 1 N–H and O–H groups in total. The molecule has 2 aromatic heterocycles. The first-order valence-corrected chi connectivity index (χ1v) is 16.9. The van der Waals surface area contributed by atoms with E-state index in [0.717, 1.165) is 85.3 Å². The maximum absolute atomic E-state index is 13.3. The number of fused-ring (bicyclic) bond motifs is 1. The summed E-state index contributed by atoms with van der Waals surface area (Å²) in [5, 5.41) is 12.6. The first-order valence-electron chi connectivity index (χ1n) is 15.7. The van der Waals surface area contributed by atoms with Crippen LogP contribution in [-0.2, 0) is 12.8 Å². The highest BCUT2D eigenvalue weighted by molar-refractivity contribution is 7.99. The number of rotatable bonds is 7. The fourth-order valence-electron chi connectivity index (χ4n) is 6.51. The Morgan fingerprint density at radius 3 is 2.40 bits per heavy atom. The van der Waals surface area contributed by atoms with E-state index >= 15 is 0 Å². The van der Waals surface area contributed by atoms with E-state index < -0.39 is 0 Å². The zero-order chi connectivity index (χ0) is 30.8. The number of hydrogen-bond donors (Lipinski definition) is 1. The summed E-state index contributed by atoms with van der Waals surface area (Å²) in [4.78, 5) is 30.8. The molecule has 1 aliphatic carbocycles. The van der Waals surface area contributed by atoms with Crippen molar-refractivity contribution in [2.75, 3.05) is 54.4 Å². The molecule has 7 rings (SSSR count). The Balaban J connectivity index is 0.930. The van der Waals surface area contributed by atoms with Crippen molar-refractivity contribution < 1.29 is 4.79 Å². The van der Waals surface area contributed by atoms with Crippen molar-refractivity contribution >= 4 is 46.6 Å². The standard InChI is InChI=1S/C34H37ClN8OS/c1-23-9-11-42(12-10-23)32-21-37-33(22-36-32)45-29-4-2-3-27(20-29)38-34(44)25-6-5-24-18-28(19-26(24)17-25)41-13-15-43(16-14-41)31-8-7-30(35)39-40-31/h2-8,17,20-23,28H,9-16,18-19H2,1H3,(H,38,44). The number of aromatic nitrogens is 4. The second-order valence-corrected chi connectivity index (χ2v) is 13.7. The highest BCUT2D eigenvalue weighted by atomic mass is 35.5. The normalized spacial score (nSPS) is 19.0. The van der Waals surface area contributed by atoms with Gasteiger partial charge in [0.15, 0.2) is 11.0 Å². The number of benzene rings is 2. The smallest absolute Gasteiger partial charge is 0.255 e. The van der Waals surface area contributed by atoms with Crippen molar-refractivity contribution in [2.45, 2.75) is 48.6 Å². The minimum Gasteiger partial charge on any atom is -0.355 e. The molecule has 1 amide bonds. The monoisotopic (exact) mass is 640 g/mol. The van der Waals surface area contributed by atoms with Gasteiger partial charge in [-0.15, -0.1) is 10.2 Å². The van der Waals surface area contributed by atoms with Gasteiger partial charge in [0.1, 0.15) is 10.8 Å². The van der Waals surface area contributed by atoms with E-state index in [2.05, 4.69) is 59.2 Å². The Kier molecular flexibility index (Phi) is 8.87. The number of halogens is 1. The SMILES string of the molecule is CC1CCN(c2cnc(Sc3cccc(NC(=O)c4ccc5c(c4)CC(N4CCN(c6ccc(Cl)nn6)CC4)C5)c3)cn2)CC1. The van der Waals surface area contributed by atoms with E-state index in [0.29, 0.717) is 16.8 Å². The molecular formula is C34H37ClN8OS. The van der Waals surface area contributed by atoms with E-state index in [-0.39, 0.29) is 5.91 Å². The van der Waals surface area contributed by atoms with Crippen LogP contribution in [0.25, 0.3) is 0 Å². The molecule has 232 valence electrons. The summed E-state index contributed by atoms with van der Waals surface area (Å²) >= 11 is 7.45. The molecule has 1 atom stereocenters. The maximum atomic E-state index is 13.3. The molecule has 2 aliphatic heterocycles. The van der Waals surface area contributed by atoms with Gasteiger partial charge in [-0.05, 0) is 85.2 Å². The van der Waals surface area contributed by atoms with Crippen molar-refractivity contribution in [1.82, 2.24) is 25.1 Å². The van der Waals surface area contributed by atoms with E-state index in [1.54, 1.807) is 17.8 Å². The zero-order valence-corrected chi connectivity index (χ0v) is 27.0. The second-order valence-electron chi connectivity index (χ2n) is 12.2. The van der Waals surface area contributed by atoms with Crippen LogP contribution >= 0.6 is 23.4 Å². The van der Waals surface area contributed by atoms with Gasteiger partial charge in [-0.1, -0.05) is 42.4 Å². The van der Waals surface area contributed by atoms with E-state index in [1.165, 1.54) is 24.0 Å². The number of carbonyl (C=O) groups excluding carboxylic acids is 1. The number of piperidine rings is 1. The van der Waals surface area contributed by atoms with Gasteiger partial charge in [-0.2, -0.15) is 0 Å². The van der Waals surface area contributed by atoms with Crippen molar-refractivity contribution in [3.8, 4) is 0 Å². The Morgan fingerprint density at radius 1 is 0.844 bits per heavy atom. The molecule has 45 heavy (non-hydrogen) atoms. The Labute approximate surface area is 273 Å². The molecule has 0 radical (unpaired) electrons. The molecule has 2 fully saturated rings. The van der Waals surface area contributed by atoms with Crippen molar-refractivity contribution in [3.05, 3.63) is 88.8 Å². The topological polar surface area (TPSA) is 90.4 Å².